The van der Waals surface area contributed by atoms with Crippen molar-refractivity contribution in [3.63, 3.8) is 0 Å². The third kappa shape index (κ3) is 63.1. The Morgan fingerprint density at radius 2 is 0.500 bits per heavy atom. The van der Waals surface area contributed by atoms with Crippen molar-refractivity contribution in [3.8, 4) is 0 Å². The molecule has 0 fully saturated rings. The third-order valence-corrected chi connectivity index (χ3v) is 12.3. The Morgan fingerprint density at radius 3 is 0.838 bits per heavy atom. The van der Waals surface area contributed by atoms with Crippen LogP contribution in [0.15, 0.2) is 194 Å². The summed E-state index contributed by atoms with van der Waals surface area (Å²) in [5, 5.41) is 0. The van der Waals surface area contributed by atoms with E-state index in [1.807, 2.05) is 0 Å². The molecule has 6 heteroatoms. The highest BCUT2D eigenvalue weighted by atomic mass is 16.6. The Balaban J connectivity index is 4.46. The summed E-state index contributed by atoms with van der Waals surface area (Å²) in [6.07, 6.45) is 100. The summed E-state index contributed by atoms with van der Waals surface area (Å²) in [5.41, 5.74) is 0. The molecule has 0 saturated heterocycles. The summed E-state index contributed by atoms with van der Waals surface area (Å²) in [6, 6.07) is 0. The van der Waals surface area contributed by atoms with Gasteiger partial charge >= 0.3 is 17.9 Å². The van der Waals surface area contributed by atoms with Gasteiger partial charge in [0, 0.05) is 19.3 Å². The Labute approximate surface area is 490 Å². The lowest BCUT2D eigenvalue weighted by atomic mass is 10.1. The van der Waals surface area contributed by atoms with Crippen molar-refractivity contribution in [2.45, 2.75) is 239 Å². The molecule has 0 amide bonds. The molecule has 0 aromatic carbocycles. The van der Waals surface area contributed by atoms with Crippen LogP contribution in [-0.4, -0.2) is 37.2 Å². The minimum absolute atomic E-state index is 0.129. The molecule has 0 saturated carbocycles. The van der Waals surface area contributed by atoms with Gasteiger partial charge in [0.05, 0.1) is 0 Å². The Bertz CT molecular complexity index is 1930. The predicted molar refractivity (Wildman–Crippen MR) is 347 cm³/mol. The van der Waals surface area contributed by atoms with E-state index in [1.54, 1.807) is 0 Å². The van der Waals surface area contributed by atoms with E-state index in [-0.39, 0.29) is 44.0 Å². The maximum absolute atomic E-state index is 12.8. The topological polar surface area (TPSA) is 78.9 Å². The van der Waals surface area contributed by atoms with Crippen molar-refractivity contribution >= 4 is 17.9 Å². The van der Waals surface area contributed by atoms with Crippen molar-refractivity contribution < 1.29 is 28.6 Å². The fourth-order valence-corrected chi connectivity index (χ4v) is 7.67. The maximum atomic E-state index is 12.8. The van der Waals surface area contributed by atoms with E-state index in [9.17, 15) is 14.4 Å². The first kappa shape index (κ1) is 74.2. The maximum Gasteiger partial charge on any atom is 0.306 e. The van der Waals surface area contributed by atoms with Crippen LogP contribution in [0.4, 0.5) is 0 Å². The molecule has 0 aliphatic rings. The number of carbonyl (C=O) groups excluding carboxylic acids is 3. The second kappa shape index (κ2) is 65.8. The number of carbonyl (C=O) groups is 3. The number of ether oxygens (including phenoxy) is 3. The molecule has 0 bridgehead atoms. The van der Waals surface area contributed by atoms with Crippen molar-refractivity contribution in [1.29, 1.82) is 0 Å². The van der Waals surface area contributed by atoms with Gasteiger partial charge in [-0.1, -0.05) is 247 Å². The monoisotopic (exact) mass is 1100 g/mol. The normalized spacial score (nSPS) is 13.5. The van der Waals surface area contributed by atoms with Crippen LogP contribution in [0.1, 0.15) is 233 Å². The summed E-state index contributed by atoms with van der Waals surface area (Å²) < 4.78 is 16.8. The second-order valence-corrected chi connectivity index (χ2v) is 19.8. The molecule has 0 aromatic rings. The first-order valence-corrected chi connectivity index (χ1v) is 31.4. The molecule has 1 unspecified atom stereocenters. The number of rotatable bonds is 54. The highest BCUT2D eigenvalue weighted by Gasteiger charge is 2.19. The molecule has 444 valence electrons. The van der Waals surface area contributed by atoms with Crippen LogP contribution in [0.3, 0.4) is 0 Å². The smallest absolute Gasteiger partial charge is 0.306 e. The van der Waals surface area contributed by atoms with E-state index in [0.717, 1.165) is 148 Å². The highest BCUT2D eigenvalue weighted by molar-refractivity contribution is 5.71. The van der Waals surface area contributed by atoms with Crippen LogP contribution >= 0.6 is 0 Å². The molecule has 0 heterocycles. The quantitative estimate of drug-likeness (QED) is 0.0261. The van der Waals surface area contributed by atoms with Crippen molar-refractivity contribution in [3.05, 3.63) is 194 Å². The van der Waals surface area contributed by atoms with E-state index in [4.69, 9.17) is 14.2 Å². The van der Waals surface area contributed by atoms with E-state index in [1.165, 1.54) is 32.1 Å². The van der Waals surface area contributed by atoms with Gasteiger partial charge in [0.2, 0.25) is 0 Å². The highest BCUT2D eigenvalue weighted by Crippen LogP contribution is 2.12. The van der Waals surface area contributed by atoms with Gasteiger partial charge in [-0.3, -0.25) is 14.4 Å². The zero-order chi connectivity index (χ0) is 57.8. The van der Waals surface area contributed by atoms with Gasteiger partial charge in [-0.05, 0) is 161 Å². The van der Waals surface area contributed by atoms with E-state index in [2.05, 4.69) is 215 Å². The second-order valence-electron chi connectivity index (χ2n) is 19.8. The molecular weight excluding hydrogens is 985 g/mol. The lowest BCUT2D eigenvalue weighted by Crippen LogP contribution is -2.30. The van der Waals surface area contributed by atoms with Crippen molar-refractivity contribution in [2.75, 3.05) is 13.2 Å². The first-order chi connectivity index (χ1) is 39.5. The molecule has 6 nitrogen and oxygen atoms in total. The van der Waals surface area contributed by atoms with E-state index in [0.29, 0.717) is 19.3 Å². The van der Waals surface area contributed by atoms with Crippen LogP contribution in [0, 0.1) is 0 Å². The average molecular weight is 1100 g/mol. The fourth-order valence-electron chi connectivity index (χ4n) is 7.67. The van der Waals surface area contributed by atoms with Crippen LogP contribution in [0.25, 0.3) is 0 Å². The number of esters is 3. The number of hydrogen-bond donors (Lipinski definition) is 0. The standard InChI is InChI=1S/C74H112O6/c1-4-7-10-13-16-19-22-25-27-29-30-31-32-33-34-35-36-37-38-39-40-41-42-43-44-46-47-49-52-55-58-61-64-67-73(76)79-70-71(69-78-72(75)66-63-60-57-54-51-24-21-18-15-12-9-6-3)80-74(77)68-65-62-59-56-53-50-48-45-28-26-23-20-17-14-11-8-5-2/h7-8,10-11,16-21,25-28,30-31,33-34,36-37,39-40,42-43,46-48,50,52,55-56,59,71H,4-6,9,12-15,22-24,29,32,35,38,41,44-45,49,51,53-54,57-58,60-70H2,1-3H3/b10-7-,11-8-,19-16-,20-17-,21-18-,27-25-,28-26-,31-30-,34-33-,37-36-,40-39-,43-42-,47-46-,50-48-,55-52-,59-56-. The van der Waals surface area contributed by atoms with Gasteiger partial charge in [0.25, 0.3) is 0 Å². The lowest BCUT2D eigenvalue weighted by Gasteiger charge is -2.18. The number of unbranched alkanes of at least 4 members (excludes halogenated alkanes) is 11. The molecule has 0 aliphatic heterocycles. The van der Waals surface area contributed by atoms with Gasteiger partial charge in [0.1, 0.15) is 13.2 Å². The fraction of sp³-hybridized carbons (Fsp3) is 0.527. The van der Waals surface area contributed by atoms with Crippen LogP contribution < -0.4 is 0 Å². The first-order valence-electron chi connectivity index (χ1n) is 31.4. The van der Waals surface area contributed by atoms with Gasteiger partial charge in [-0.15, -0.1) is 0 Å². The molecule has 1 atom stereocenters. The largest absolute Gasteiger partial charge is 0.462 e. The number of allylic oxidation sites excluding steroid dienone is 32. The van der Waals surface area contributed by atoms with Crippen LogP contribution in [0.5, 0.6) is 0 Å². The summed E-state index contributed by atoms with van der Waals surface area (Å²) in [5.74, 6) is -1.05. The van der Waals surface area contributed by atoms with Crippen molar-refractivity contribution in [1.82, 2.24) is 0 Å². The third-order valence-electron chi connectivity index (χ3n) is 12.3. The summed E-state index contributed by atoms with van der Waals surface area (Å²) >= 11 is 0. The molecule has 0 aliphatic carbocycles. The van der Waals surface area contributed by atoms with E-state index < -0.39 is 6.10 Å². The SMILES string of the molecule is CC/C=C\C/C=C\C/C=C\C/C=C\C/C=C\C/C=C\C/C=C\C/C=C\C/C=C\C/C=C\CCCCC(=O)OCC(COC(=O)CCCCCCC/C=C\CCCCC)OC(=O)CCC/C=C\C/C=C\C/C=C\C/C=C\C/C=C\CC. The minimum atomic E-state index is -0.841. The average Bonchev–Trinajstić information content (AvgIpc) is 3.46. The Morgan fingerprint density at radius 1 is 0.263 bits per heavy atom. The molecule has 0 spiro atoms. The molecule has 0 radical (unpaired) electrons. The summed E-state index contributed by atoms with van der Waals surface area (Å²) in [7, 11) is 0. The lowest BCUT2D eigenvalue weighted by molar-refractivity contribution is -0.167. The Hall–Kier alpha value is -5.75. The molecule has 0 rings (SSSR count). The predicted octanol–water partition coefficient (Wildman–Crippen LogP) is 21.8. The van der Waals surface area contributed by atoms with E-state index >= 15 is 0 Å². The van der Waals surface area contributed by atoms with Gasteiger partial charge in [-0.2, -0.15) is 0 Å². The Kier molecular flexibility index (Phi) is 61.0. The molecule has 0 N–H and O–H groups in total. The molecule has 80 heavy (non-hydrogen) atoms. The zero-order valence-electron chi connectivity index (χ0n) is 50.8. The molecular formula is C74H112O6. The van der Waals surface area contributed by atoms with Crippen LogP contribution in [-0.2, 0) is 28.6 Å². The number of hydrogen-bond acceptors (Lipinski definition) is 6. The van der Waals surface area contributed by atoms with Gasteiger partial charge in [-0.25, -0.2) is 0 Å². The molecule has 0 aromatic heterocycles. The minimum Gasteiger partial charge on any atom is -0.462 e. The summed E-state index contributed by atoms with van der Waals surface area (Å²) in [6.45, 7) is 6.27. The summed E-state index contributed by atoms with van der Waals surface area (Å²) in [4.78, 5) is 38.2. The van der Waals surface area contributed by atoms with Crippen molar-refractivity contribution in [2.24, 2.45) is 0 Å². The van der Waals surface area contributed by atoms with Gasteiger partial charge in [0.15, 0.2) is 6.10 Å². The van der Waals surface area contributed by atoms with Crippen LogP contribution in [0.2, 0.25) is 0 Å². The zero-order valence-corrected chi connectivity index (χ0v) is 50.8. The van der Waals surface area contributed by atoms with Gasteiger partial charge < -0.3 is 14.2 Å².